The highest BCUT2D eigenvalue weighted by Crippen LogP contribution is 2.21. The summed E-state index contributed by atoms with van der Waals surface area (Å²) < 4.78 is 1.52. The van der Waals surface area contributed by atoms with Gasteiger partial charge < -0.3 is 15.5 Å². The van der Waals surface area contributed by atoms with E-state index in [4.69, 9.17) is 0 Å². The van der Waals surface area contributed by atoms with Crippen LogP contribution in [-0.2, 0) is 0 Å². The van der Waals surface area contributed by atoms with Crippen LogP contribution in [-0.4, -0.2) is 57.8 Å². The SMILES string of the molecule is O=c1[nH]nc2c(N3CCCC(NC4CCNCC4)C3)nccn12. The van der Waals surface area contributed by atoms with Crippen LogP contribution in [0.25, 0.3) is 5.65 Å². The van der Waals surface area contributed by atoms with E-state index < -0.39 is 0 Å². The predicted molar refractivity (Wildman–Crippen MR) is 87.9 cm³/mol. The Morgan fingerprint density at radius 1 is 1.22 bits per heavy atom. The molecule has 1 unspecified atom stereocenters. The zero-order valence-corrected chi connectivity index (χ0v) is 13.2. The summed E-state index contributed by atoms with van der Waals surface area (Å²) in [4.78, 5) is 18.4. The normalized spacial score (nSPS) is 23.5. The van der Waals surface area contributed by atoms with Crippen LogP contribution in [0.5, 0.6) is 0 Å². The minimum Gasteiger partial charge on any atom is -0.352 e. The van der Waals surface area contributed by atoms with Gasteiger partial charge in [-0.1, -0.05) is 0 Å². The Balaban J connectivity index is 1.51. The number of nitrogens with one attached hydrogen (secondary N) is 3. The van der Waals surface area contributed by atoms with Gasteiger partial charge in [-0.2, -0.15) is 0 Å². The molecule has 0 amide bonds. The van der Waals surface area contributed by atoms with Gasteiger partial charge in [0.1, 0.15) is 0 Å². The molecular weight excluding hydrogens is 294 g/mol. The number of rotatable bonds is 3. The maximum absolute atomic E-state index is 11.7. The highest BCUT2D eigenvalue weighted by molar-refractivity contribution is 5.63. The third kappa shape index (κ3) is 2.96. The first kappa shape index (κ1) is 14.6. The third-order valence-corrected chi connectivity index (χ3v) is 4.85. The number of H-pyrrole nitrogens is 1. The highest BCUT2D eigenvalue weighted by Gasteiger charge is 2.25. The quantitative estimate of drug-likeness (QED) is 0.722. The molecule has 0 aliphatic carbocycles. The summed E-state index contributed by atoms with van der Waals surface area (Å²) >= 11 is 0. The number of piperidine rings is 2. The van der Waals surface area contributed by atoms with Crippen LogP contribution in [0.1, 0.15) is 25.7 Å². The minimum atomic E-state index is -0.218. The Kier molecular flexibility index (Phi) is 4.00. The van der Waals surface area contributed by atoms with Crippen LogP contribution in [0.2, 0.25) is 0 Å². The first-order valence-corrected chi connectivity index (χ1v) is 8.45. The molecule has 0 radical (unpaired) electrons. The molecule has 2 aromatic rings. The Hall–Kier alpha value is -1.93. The van der Waals surface area contributed by atoms with Gasteiger partial charge in [-0.3, -0.25) is 0 Å². The van der Waals surface area contributed by atoms with E-state index in [-0.39, 0.29) is 5.69 Å². The van der Waals surface area contributed by atoms with Gasteiger partial charge >= 0.3 is 5.69 Å². The lowest BCUT2D eigenvalue weighted by molar-refractivity contribution is 0.320. The Morgan fingerprint density at radius 2 is 2.09 bits per heavy atom. The second kappa shape index (κ2) is 6.29. The Labute approximate surface area is 134 Å². The van der Waals surface area contributed by atoms with Crippen molar-refractivity contribution in [2.45, 2.75) is 37.8 Å². The van der Waals surface area contributed by atoms with Gasteiger partial charge in [0, 0.05) is 37.6 Å². The summed E-state index contributed by atoms with van der Waals surface area (Å²) in [5.41, 5.74) is 0.394. The molecule has 1 atom stereocenters. The standard InChI is InChI=1S/C15H23N7O/c23-15-20-19-14-13(17-7-9-22(14)15)21-8-1-2-12(10-21)18-11-3-5-16-6-4-11/h7,9,11-12,16,18H,1-6,8,10H2,(H,20,23). The maximum atomic E-state index is 11.7. The number of aromatic amines is 1. The van der Waals surface area contributed by atoms with Crippen LogP contribution in [0.3, 0.4) is 0 Å². The van der Waals surface area contributed by atoms with Crippen molar-refractivity contribution in [1.82, 2.24) is 30.2 Å². The number of fused-ring (bicyclic) bond motifs is 1. The molecule has 0 bridgehead atoms. The van der Waals surface area contributed by atoms with Crippen molar-refractivity contribution in [2.75, 3.05) is 31.1 Å². The van der Waals surface area contributed by atoms with E-state index >= 15 is 0 Å². The largest absolute Gasteiger partial charge is 0.352 e. The molecule has 4 heterocycles. The van der Waals surface area contributed by atoms with E-state index in [1.54, 1.807) is 12.4 Å². The first-order valence-electron chi connectivity index (χ1n) is 8.45. The van der Waals surface area contributed by atoms with E-state index in [9.17, 15) is 4.79 Å². The fourth-order valence-corrected chi connectivity index (χ4v) is 3.68. The molecule has 124 valence electrons. The maximum Gasteiger partial charge on any atom is 0.347 e. The Bertz CT molecular complexity index is 718. The van der Waals surface area contributed by atoms with Crippen molar-refractivity contribution in [3.8, 4) is 0 Å². The number of anilines is 1. The van der Waals surface area contributed by atoms with Crippen LogP contribution >= 0.6 is 0 Å². The van der Waals surface area contributed by atoms with Gasteiger partial charge in [-0.25, -0.2) is 19.3 Å². The number of hydrogen-bond acceptors (Lipinski definition) is 6. The van der Waals surface area contributed by atoms with Crippen molar-refractivity contribution in [1.29, 1.82) is 0 Å². The van der Waals surface area contributed by atoms with Gasteiger partial charge in [0.05, 0.1) is 0 Å². The van der Waals surface area contributed by atoms with Crippen LogP contribution in [0.4, 0.5) is 5.82 Å². The minimum absolute atomic E-state index is 0.218. The number of aromatic nitrogens is 4. The third-order valence-electron chi connectivity index (χ3n) is 4.85. The summed E-state index contributed by atoms with van der Waals surface area (Å²) in [6.45, 7) is 4.08. The molecule has 0 aromatic carbocycles. The molecule has 23 heavy (non-hydrogen) atoms. The van der Waals surface area contributed by atoms with E-state index in [2.05, 4.69) is 30.7 Å². The molecule has 2 saturated heterocycles. The first-order chi connectivity index (χ1) is 11.3. The van der Waals surface area contributed by atoms with Gasteiger partial charge in [-0.05, 0) is 38.8 Å². The van der Waals surface area contributed by atoms with E-state index in [1.807, 2.05) is 0 Å². The second-order valence-corrected chi connectivity index (χ2v) is 6.45. The van der Waals surface area contributed by atoms with E-state index in [0.29, 0.717) is 17.7 Å². The predicted octanol–water partition coefficient (Wildman–Crippen LogP) is -0.272. The average molecular weight is 317 g/mol. The van der Waals surface area contributed by atoms with Crippen LogP contribution in [0.15, 0.2) is 17.2 Å². The van der Waals surface area contributed by atoms with Crippen LogP contribution < -0.4 is 21.2 Å². The lowest BCUT2D eigenvalue weighted by Gasteiger charge is -2.37. The molecule has 0 spiro atoms. The van der Waals surface area contributed by atoms with E-state index in [1.165, 1.54) is 23.7 Å². The average Bonchev–Trinajstić information content (AvgIpc) is 2.98. The number of nitrogens with zero attached hydrogens (tertiary/aromatic N) is 4. The molecule has 8 nitrogen and oxygen atoms in total. The zero-order chi connectivity index (χ0) is 15.6. The van der Waals surface area contributed by atoms with Crippen molar-refractivity contribution < 1.29 is 0 Å². The fraction of sp³-hybridized carbons (Fsp3) is 0.667. The number of hydrogen-bond donors (Lipinski definition) is 3. The summed E-state index contributed by atoms with van der Waals surface area (Å²) in [6.07, 6.45) is 8.03. The van der Waals surface area contributed by atoms with Crippen molar-refractivity contribution in [3.05, 3.63) is 22.9 Å². The summed E-state index contributed by atoms with van der Waals surface area (Å²) in [5.74, 6) is 0.794. The molecular formula is C15H23N7O. The summed E-state index contributed by atoms with van der Waals surface area (Å²) in [6, 6.07) is 1.08. The summed E-state index contributed by atoms with van der Waals surface area (Å²) in [7, 11) is 0. The lowest BCUT2D eigenvalue weighted by atomic mass is 10.0. The van der Waals surface area contributed by atoms with Gasteiger partial charge in [-0.15, -0.1) is 5.10 Å². The van der Waals surface area contributed by atoms with Crippen molar-refractivity contribution in [3.63, 3.8) is 0 Å². The molecule has 2 aliphatic rings. The van der Waals surface area contributed by atoms with Crippen molar-refractivity contribution in [2.24, 2.45) is 0 Å². The molecule has 2 fully saturated rings. The monoisotopic (exact) mass is 317 g/mol. The zero-order valence-electron chi connectivity index (χ0n) is 13.2. The second-order valence-electron chi connectivity index (χ2n) is 6.45. The molecule has 2 aliphatic heterocycles. The fourth-order valence-electron chi connectivity index (χ4n) is 3.68. The van der Waals surface area contributed by atoms with Crippen LogP contribution in [0, 0.1) is 0 Å². The van der Waals surface area contributed by atoms with E-state index in [0.717, 1.165) is 38.4 Å². The molecule has 3 N–H and O–H groups in total. The van der Waals surface area contributed by atoms with Gasteiger partial charge in [0.2, 0.25) is 5.65 Å². The highest BCUT2D eigenvalue weighted by atomic mass is 16.1. The molecule has 8 heteroatoms. The molecule has 0 saturated carbocycles. The van der Waals surface area contributed by atoms with Gasteiger partial charge in [0.25, 0.3) is 0 Å². The topological polar surface area (TPSA) is 90.3 Å². The van der Waals surface area contributed by atoms with Crippen molar-refractivity contribution >= 4 is 11.5 Å². The smallest absolute Gasteiger partial charge is 0.347 e. The molecule has 4 rings (SSSR count). The summed E-state index contributed by atoms with van der Waals surface area (Å²) in [5, 5.41) is 13.8. The Morgan fingerprint density at radius 3 is 2.96 bits per heavy atom. The lowest BCUT2D eigenvalue weighted by Crippen LogP contribution is -2.51. The molecule has 2 aromatic heterocycles. The van der Waals surface area contributed by atoms with Gasteiger partial charge in [0.15, 0.2) is 5.82 Å².